The van der Waals surface area contributed by atoms with Crippen molar-refractivity contribution in [3.8, 4) is 0 Å². The zero-order chi connectivity index (χ0) is 23.0. The van der Waals surface area contributed by atoms with Crippen LogP contribution in [0.2, 0.25) is 0 Å². The van der Waals surface area contributed by atoms with Crippen molar-refractivity contribution < 1.29 is 9.59 Å². The second-order valence-corrected chi connectivity index (χ2v) is 9.99. The molecule has 3 aromatic rings. The summed E-state index contributed by atoms with van der Waals surface area (Å²) in [5, 5.41) is 3.68. The number of nitrogens with two attached hydrogens (primary N) is 1. The van der Waals surface area contributed by atoms with Gasteiger partial charge in [0.25, 0.3) is 0 Å². The number of hydrogen-bond donors (Lipinski definition) is 2. The molecule has 0 radical (unpaired) electrons. The summed E-state index contributed by atoms with van der Waals surface area (Å²) in [5.41, 5.74) is 9.88. The lowest BCUT2D eigenvalue weighted by molar-refractivity contribution is -0.128. The predicted octanol–water partition coefficient (Wildman–Crippen LogP) is 3.41. The number of hydrogen-bond acceptors (Lipinski definition) is 7. The Morgan fingerprint density at radius 2 is 2.03 bits per heavy atom. The molecule has 4 rings (SSSR count). The second kappa shape index (κ2) is 8.54. The molecule has 0 saturated carbocycles. The zero-order valence-corrected chi connectivity index (χ0v) is 19.7. The number of carbonyl (C=O) groups excluding carboxylic acids is 2. The predicted molar refractivity (Wildman–Crippen MR) is 125 cm³/mol. The largest absolute Gasteiger partial charge is 0.382 e. The van der Waals surface area contributed by atoms with Crippen LogP contribution >= 0.6 is 11.8 Å². The molecule has 168 valence electrons. The fourth-order valence-electron chi connectivity index (χ4n) is 3.75. The van der Waals surface area contributed by atoms with Crippen LogP contribution in [0, 0.1) is 5.41 Å². The van der Waals surface area contributed by atoms with Gasteiger partial charge in [-0.2, -0.15) is 0 Å². The van der Waals surface area contributed by atoms with Crippen LogP contribution in [0.4, 0.5) is 5.82 Å². The van der Waals surface area contributed by atoms with E-state index >= 15 is 0 Å². The van der Waals surface area contributed by atoms with Crippen LogP contribution in [-0.4, -0.2) is 37.8 Å². The lowest BCUT2D eigenvalue weighted by Crippen LogP contribution is -2.36. The highest BCUT2D eigenvalue weighted by Crippen LogP contribution is 2.36. The van der Waals surface area contributed by atoms with Crippen LogP contribution in [-0.2, 0) is 24.2 Å². The molecule has 3 N–H and O–H groups in total. The van der Waals surface area contributed by atoms with Gasteiger partial charge in [0.2, 0.25) is 5.91 Å². The molecule has 0 atom stereocenters. The molecule has 0 bridgehead atoms. The lowest BCUT2D eigenvalue weighted by atomic mass is 9.96. The van der Waals surface area contributed by atoms with Gasteiger partial charge in [0.1, 0.15) is 6.33 Å². The maximum absolute atomic E-state index is 12.3. The summed E-state index contributed by atoms with van der Waals surface area (Å²) in [4.78, 5) is 38.8. The van der Waals surface area contributed by atoms with Crippen molar-refractivity contribution in [3.05, 3.63) is 35.2 Å². The van der Waals surface area contributed by atoms with E-state index in [0.29, 0.717) is 41.6 Å². The third-order valence-corrected chi connectivity index (χ3v) is 6.71. The molecule has 0 aliphatic heterocycles. The summed E-state index contributed by atoms with van der Waals surface area (Å²) < 4.78 is 1.95. The minimum Gasteiger partial charge on any atom is -0.382 e. The molecule has 2 aromatic heterocycles. The number of nitrogen functional groups attached to an aromatic ring is 1. The average molecular weight is 453 g/mol. The summed E-state index contributed by atoms with van der Waals surface area (Å²) in [6.45, 7) is 8.67. The van der Waals surface area contributed by atoms with Gasteiger partial charge in [-0.25, -0.2) is 15.0 Å². The van der Waals surface area contributed by atoms with E-state index in [2.05, 4.69) is 28.3 Å². The van der Waals surface area contributed by atoms with Gasteiger partial charge in [-0.1, -0.05) is 45.5 Å². The number of nitrogens with one attached hydrogen (secondary N) is 1. The Morgan fingerprint density at radius 3 is 2.75 bits per heavy atom. The Balaban J connectivity index is 1.69. The van der Waals surface area contributed by atoms with E-state index in [0.717, 1.165) is 28.9 Å². The SMILES string of the molecule is CCc1cc2c(cc1Sc1nc3c(N)ncnc3n1CCNC(=O)C(C)(C)C)C(=O)CC2. The Hall–Kier alpha value is -2.94. The van der Waals surface area contributed by atoms with Gasteiger partial charge in [0, 0.05) is 35.4 Å². The van der Waals surface area contributed by atoms with Crippen LogP contribution in [0.1, 0.15) is 55.6 Å². The number of fused-ring (bicyclic) bond motifs is 2. The number of benzene rings is 1. The number of aromatic nitrogens is 4. The second-order valence-electron chi connectivity index (χ2n) is 8.98. The van der Waals surface area contributed by atoms with E-state index < -0.39 is 5.41 Å². The van der Waals surface area contributed by atoms with Crippen molar-refractivity contribution in [1.82, 2.24) is 24.8 Å². The maximum atomic E-state index is 12.3. The first-order valence-corrected chi connectivity index (χ1v) is 11.6. The van der Waals surface area contributed by atoms with Gasteiger partial charge in [-0.15, -0.1) is 0 Å². The summed E-state index contributed by atoms with van der Waals surface area (Å²) in [7, 11) is 0. The van der Waals surface area contributed by atoms with Crippen LogP contribution in [0.25, 0.3) is 11.2 Å². The van der Waals surface area contributed by atoms with Crippen LogP contribution in [0.5, 0.6) is 0 Å². The molecule has 8 nitrogen and oxygen atoms in total. The Kier molecular flexibility index (Phi) is 5.94. The quantitative estimate of drug-likeness (QED) is 0.589. The fraction of sp³-hybridized carbons (Fsp3) is 0.435. The Morgan fingerprint density at radius 1 is 1.25 bits per heavy atom. The number of nitrogens with zero attached hydrogens (tertiary/aromatic N) is 4. The zero-order valence-electron chi connectivity index (χ0n) is 18.9. The molecular formula is C23H28N6O2S. The molecule has 1 amide bonds. The third-order valence-electron chi connectivity index (χ3n) is 5.62. The highest BCUT2D eigenvalue weighted by Gasteiger charge is 2.24. The number of rotatable bonds is 6. The smallest absolute Gasteiger partial charge is 0.225 e. The average Bonchev–Trinajstić information content (AvgIpc) is 3.28. The van der Waals surface area contributed by atoms with Gasteiger partial charge in [-0.05, 0) is 30.0 Å². The van der Waals surface area contributed by atoms with Crippen LogP contribution < -0.4 is 11.1 Å². The van der Waals surface area contributed by atoms with E-state index in [-0.39, 0.29) is 11.7 Å². The minimum absolute atomic E-state index is 0.0179. The molecule has 9 heteroatoms. The lowest BCUT2D eigenvalue weighted by Gasteiger charge is -2.18. The topological polar surface area (TPSA) is 116 Å². The molecule has 1 aliphatic rings. The molecule has 0 fully saturated rings. The summed E-state index contributed by atoms with van der Waals surface area (Å²) >= 11 is 1.50. The number of amides is 1. The number of Topliss-reactive ketones (excluding diaryl/α,β-unsaturated/α-hetero) is 1. The maximum Gasteiger partial charge on any atom is 0.225 e. The van der Waals surface area contributed by atoms with Gasteiger partial charge >= 0.3 is 0 Å². The molecule has 0 saturated heterocycles. The van der Waals surface area contributed by atoms with Crippen LogP contribution in [0.15, 0.2) is 28.5 Å². The number of ketones is 1. The normalized spacial score (nSPS) is 13.6. The highest BCUT2D eigenvalue weighted by atomic mass is 32.2. The van der Waals surface area contributed by atoms with Gasteiger partial charge in [-0.3, -0.25) is 9.59 Å². The van der Waals surface area contributed by atoms with Gasteiger partial charge in [0.05, 0.1) is 0 Å². The van der Waals surface area contributed by atoms with Crippen molar-refractivity contribution in [2.45, 2.75) is 63.6 Å². The monoisotopic (exact) mass is 452 g/mol. The number of imidazole rings is 1. The molecule has 0 unspecified atom stereocenters. The highest BCUT2D eigenvalue weighted by molar-refractivity contribution is 7.99. The Bertz CT molecular complexity index is 1210. The molecular weight excluding hydrogens is 424 g/mol. The summed E-state index contributed by atoms with van der Waals surface area (Å²) in [6.07, 6.45) is 3.66. The number of carbonyl (C=O) groups is 2. The summed E-state index contributed by atoms with van der Waals surface area (Å²) in [6, 6.07) is 4.14. The fourth-order valence-corrected chi connectivity index (χ4v) is 4.89. The number of aryl methyl sites for hydroxylation is 2. The third kappa shape index (κ3) is 4.21. The molecule has 32 heavy (non-hydrogen) atoms. The van der Waals surface area contributed by atoms with E-state index in [4.69, 9.17) is 10.7 Å². The van der Waals surface area contributed by atoms with Crippen LogP contribution in [0.3, 0.4) is 0 Å². The Labute approximate surface area is 191 Å². The van der Waals surface area contributed by atoms with Gasteiger partial charge in [0.15, 0.2) is 27.9 Å². The first-order valence-electron chi connectivity index (χ1n) is 10.8. The summed E-state index contributed by atoms with van der Waals surface area (Å²) in [5.74, 6) is 0.489. The van der Waals surface area contributed by atoms with E-state index in [9.17, 15) is 9.59 Å². The van der Waals surface area contributed by atoms with Crippen molar-refractivity contribution in [2.75, 3.05) is 12.3 Å². The molecule has 1 aliphatic carbocycles. The first kappa shape index (κ1) is 22.3. The first-order chi connectivity index (χ1) is 15.2. The molecule has 2 heterocycles. The molecule has 0 spiro atoms. The molecule has 1 aromatic carbocycles. The van der Waals surface area contributed by atoms with E-state index in [1.807, 2.05) is 31.4 Å². The van der Waals surface area contributed by atoms with Crippen molar-refractivity contribution >= 4 is 40.4 Å². The standard InChI is InChI=1S/C23H28N6O2S/c1-5-13-10-14-6-7-16(30)15(14)11-17(13)32-22-28-18-19(24)26-12-27-20(18)29(22)9-8-25-21(31)23(2,3)4/h10-12H,5-9H2,1-4H3,(H,25,31)(H2,24,26,27). The van der Waals surface area contributed by atoms with Crippen molar-refractivity contribution in [3.63, 3.8) is 0 Å². The van der Waals surface area contributed by atoms with Gasteiger partial charge < -0.3 is 15.6 Å². The minimum atomic E-state index is -0.464. The van der Waals surface area contributed by atoms with Crippen molar-refractivity contribution in [2.24, 2.45) is 5.41 Å². The van der Waals surface area contributed by atoms with E-state index in [1.165, 1.54) is 23.7 Å². The van der Waals surface area contributed by atoms with Crippen molar-refractivity contribution in [1.29, 1.82) is 0 Å². The van der Waals surface area contributed by atoms with E-state index in [1.54, 1.807) is 0 Å². The number of anilines is 1.